The summed E-state index contributed by atoms with van der Waals surface area (Å²) in [5.74, 6) is -1.70. The molecule has 1 aliphatic heterocycles. The van der Waals surface area contributed by atoms with E-state index in [9.17, 15) is 19.2 Å². The Kier molecular flexibility index (Phi) is 6.26. The number of nitrogens with zero attached hydrogens (tertiary/aromatic N) is 2. The Morgan fingerprint density at radius 1 is 0.970 bits per heavy atom. The summed E-state index contributed by atoms with van der Waals surface area (Å²) in [6.45, 7) is 0.316. The molecular formula is C25H25N3O5. The van der Waals surface area contributed by atoms with Gasteiger partial charge in [-0.2, -0.15) is 0 Å². The van der Waals surface area contributed by atoms with Crippen LogP contribution in [0.25, 0.3) is 21.9 Å². The van der Waals surface area contributed by atoms with Crippen molar-refractivity contribution in [3.63, 3.8) is 0 Å². The second-order valence-electron chi connectivity index (χ2n) is 8.13. The van der Waals surface area contributed by atoms with E-state index in [4.69, 9.17) is 10.5 Å². The number of carbonyl (C=O) groups is 3. The summed E-state index contributed by atoms with van der Waals surface area (Å²) in [7, 11) is 1.52. The lowest BCUT2D eigenvalue weighted by Gasteiger charge is -2.30. The zero-order valence-corrected chi connectivity index (χ0v) is 18.3. The maximum Gasteiger partial charge on any atom is 0.356 e. The number of amides is 2. The van der Waals surface area contributed by atoms with E-state index in [1.54, 1.807) is 23.1 Å². The molecule has 1 aromatic heterocycles. The Bertz CT molecular complexity index is 1270. The van der Waals surface area contributed by atoms with Gasteiger partial charge in [-0.1, -0.05) is 48.5 Å². The molecule has 1 aliphatic rings. The number of pyridine rings is 1. The number of ether oxygens (including phenoxy) is 1. The molecule has 2 heterocycles. The van der Waals surface area contributed by atoms with Gasteiger partial charge in [0.05, 0.1) is 0 Å². The van der Waals surface area contributed by atoms with E-state index >= 15 is 0 Å². The average molecular weight is 447 g/mol. The van der Waals surface area contributed by atoms with Crippen LogP contribution in [0.3, 0.4) is 0 Å². The van der Waals surface area contributed by atoms with Crippen LogP contribution in [0.4, 0.5) is 0 Å². The third-order valence-corrected chi connectivity index (χ3v) is 6.14. The summed E-state index contributed by atoms with van der Waals surface area (Å²) >= 11 is 0. The minimum Gasteiger partial charge on any atom is -0.451 e. The smallest absolute Gasteiger partial charge is 0.356 e. The van der Waals surface area contributed by atoms with E-state index in [0.717, 1.165) is 5.56 Å². The lowest BCUT2D eigenvalue weighted by Crippen LogP contribution is -2.43. The largest absolute Gasteiger partial charge is 0.451 e. The van der Waals surface area contributed by atoms with Gasteiger partial charge in [-0.15, -0.1) is 0 Å². The number of hydrogen-bond acceptors (Lipinski definition) is 5. The fourth-order valence-corrected chi connectivity index (χ4v) is 4.30. The van der Waals surface area contributed by atoms with Crippen molar-refractivity contribution in [3.05, 3.63) is 70.6 Å². The van der Waals surface area contributed by atoms with E-state index < -0.39 is 12.6 Å². The van der Waals surface area contributed by atoms with Crippen LogP contribution < -0.4 is 11.3 Å². The minimum atomic E-state index is -0.750. The standard InChI is InChI=1S/C25H25N3O5/c1-27-22(25(32)33-15-20(29)28-13-11-17(12-14-28)23(26)30)21(16-7-3-2-4-8-16)18-9-5-6-10-19(18)24(27)31/h2-10,17H,11-15H2,1H3,(H2,26,30). The number of piperidine rings is 1. The molecule has 0 saturated carbocycles. The molecule has 0 bridgehead atoms. The molecule has 0 atom stereocenters. The van der Waals surface area contributed by atoms with Gasteiger partial charge < -0.3 is 19.9 Å². The Morgan fingerprint density at radius 3 is 2.21 bits per heavy atom. The molecule has 2 N–H and O–H groups in total. The first kappa shape index (κ1) is 22.3. The third-order valence-electron chi connectivity index (χ3n) is 6.14. The molecule has 2 aromatic carbocycles. The highest BCUT2D eigenvalue weighted by Gasteiger charge is 2.28. The number of likely N-dealkylation sites (tertiary alicyclic amines) is 1. The summed E-state index contributed by atoms with van der Waals surface area (Å²) in [4.78, 5) is 51.6. The van der Waals surface area contributed by atoms with Gasteiger partial charge in [0.25, 0.3) is 11.5 Å². The lowest BCUT2D eigenvalue weighted by atomic mass is 9.96. The summed E-state index contributed by atoms with van der Waals surface area (Å²) in [6.07, 6.45) is 0.985. The van der Waals surface area contributed by atoms with Crippen LogP contribution in [0.5, 0.6) is 0 Å². The van der Waals surface area contributed by atoms with Crippen molar-refractivity contribution >= 4 is 28.6 Å². The number of benzene rings is 2. The topological polar surface area (TPSA) is 112 Å². The predicted molar refractivity (Wildman–Crippen MR) is 123 cm³/mol. The number of carbonyl (C=O) groups excluding carboxylic acids is 3. The van der Waals surface area contributed by atoms with Gasteiger partial charge in [0, 0.05) is 37.0 Å². The first-order valence-corrected chi connectivity index (χ1v) is 10.8. The number of fused-ring (bicyclic) bond motifs is 1. The van der Waals surface area contributed by atoms with E-state index in [0.29, 0.717) is 42.3 Å². The summed E-state index contributed by atoms with van der Waals surface area (Å²) in [5.41, 5.74) is 6.44. The first-order chi connectivity index (χ1) is 15.9. The molecule has 0 radical (unpaired) electrons. The van der Waals surface area contributed by atoms with Gasteiger partial charge in [0.2, 0.25) is 5.91 Å². The number of primary amides is 1. The zero-order valence-electron chi connectivity index (χ0n) is 18.3. The fourth-order valence-electron chi connectivity index (χ4n) is 4.30. The molecule has 2 amide bonds. The SMILES string of the molecule is Cn1c(C(=O)OCC(=O)N2CCC(C(N)=O)CC2)c(-c2ccccc2)c2ccccc2c1=O. The number of nitrogens with two attached hydrogens (primary N) is 1. The molecular weight excluding hydrogens is 422 g/mol. The predicted octanol–water partition coefficient (Wildman–Crippen LogP) is 2.09. The molecule has 0 unspecified atom stereocenters. The first-order valence-electron chi connectivity index (χ1n) is 10.8. The minimum absolute atomic E-state index is 0.0881. The van der Waals surface area contributed by atoms with Crippen LogP contribution in [-0.2, 0) is 21.4 Å². The summed E-state index contributed by atoms with van der Waals surface area (Å²) in [6, 6.07) is 16.4. The van der Waals surface area contributed by atoms with Crippen molar-refractivity contribution in [3.8, 4) is 11.1 Å². The molecule has 0 aliphatic carbocycles. The Labute approximate surface area is 190 Å². The van der Waals surface area contributed by atoms with Gasteiger partial charge in [-0.3, -0.25) is 14.4 Å². The third kappa shape index (κ3) is 4.37. The summed E-state index contributed by atoms with van der Waals surface area (Å²) < 4.78 is 6.66. The summed E-state index contributed by atoms with van der Waals surface area (Å²) in [5, 5.41) is 1.13. The van der Waals surface area contributed by atoms with Crippen molar-refractivity contribution in [2.45, 2.75) is 12.8 Å². The molecule has 4 rings (SSSR count). The van der Waals surface area contributed by atoms with Crippen molar-refractivity contribution in [1.29, 1.82) is 0 Å². The maximum atomic E-state index is 13.2. The second kappa shape index (κ2) is 9.28. The van der Waals surface area contributed by atoms with E-state index in [1.807, 2.05) is 36.4 Å². The molecule has 8 nitrogen and oxygen atoms in total. The van der Waals surface area contributed by atoms with Crippen LogP contribution in [-0.4, -0.2) is 46.9 Å². The maximum absolute atomic E-state index is 13.2. The molecule has 8 heteroatoms. The number of rotatable bonds is 5. The van der Waals surface area contributed by atoms with Crippen LogP contribution >= 0.6 is 0 Å². The van der Waals surface area contributed by atoms with E-state index in [-0.39, 0.29) is 29.0 Å². The zero-order chi connectivity index (χ0) is 23.5. The molecule has 1 saturated heterocycles. The highest BCUT2D eigenvalue weighted by Crippen LogP contribution is 2.30. The van der Waals surface area contributed by atoms with Gasteiger partial charge >= 0.3 is 5.97 Å². The highest BCUT2D eigenvalue weighted by atomic mass is 16.5. The van der Waals surface area contributed by atoms with Crippen LogP contribution in [0.1, 0.15) is 23.3 Å². The monoisotopic (exact) mass is 447 g/mol. The number of hydrogen-bond donors (Lipinski definition) is 1. The Hall–Kier alpha value is -3.94. The van der Waals surface area contributed by atoms with Gasteiger partial charge in [0.15, 0.2) is 6.61 Å². The van der Waals surface area contributed by atoms with Gasteiger partial charge in [-0.25, -0.2) is 4.79 Å². The molecule has 170 valence electrons. The normalized spacial score (nSPS) is 14.3. The highest BCUT2D eigenvalue weighted by molar-refractivity contribution is 6.07. The van der Waals surface area contributed by atoms with Crippen molar-refractivity contribution in [2.24, 2.45) is 18.7 Å². The Balaban J connectivity index is 1.62. The van der Waals surface area contributed by atoms with E-state index in [2.05, 4.69) is 0 Å². The van der Waals surface area contributed by atoms with Gasteiger partial charge in [0.1, 0.15) is 5.69 Å². The number of esters is 1. The molecule has 0 spiro atoms. The number of aromatic nitrogens is 1. The van der Waals surface area contributed by atoms with Crippen molar-refractivity contribution in [2.75, 3.05) is 19.7 Å². The van der Waals surface area contributed by atoms with Crippen molar-refractivity contribution in [1.82, 2.24) is 9.47 Å². The lowest BCUT2D eigenvalue weighted by molar-refractivity contribution is -0.137. The van der Waals surface area contributed by atoms with Crippen LogP contribution in [0, 0.1) is 5.92 Å². The molecule has 1 fully saturated rings. The fraction of sp³-hybridized carbons (Fsp3) is 0.280. The Morgan fingerprint density at radius 2 is 1.58 bits per heavy atom. The van der Waals surface area contributed by atoms with Crippen LogP contribution in [0.15, 0.2) is 59.4 Å². The van der Waals surface area contributed by atoms with Crippen molar-refractivity contribution < 1.29 is 19.1 Å². The molecule has 3 aromatic rings. The average Bonchev–Trinajstić information content (AvgIpc) is 2.85. The second-order valence-corrected chi connectivity index (χ2v) is 8.13. The van der Waals surface area contributed by atoms with Crippen LogP contribution in [0.2, 0.25) is 0 Å². The van der Waals surface area contributed by atoms with Gasteiger partial charge in [-0.05, 0) is 29.9 Å². The quantitative estimate of drug-likeness (QED) is 0.602. The van der Waals surface area contributed by atoms with E-state index in [1.165, 1.54) is 11.6 Å². The molecule has 33 heavy (non-hydrogen) atoms.